The molecule has 0 spiro atoms. The molecule has 1 fully saturated rings. The summed E-state index contributed by atoms with van der Waals surface area (Å²) < 4.78 is 53.9. The number of nitrogens with zero attached hydrogens (tertiary/aromatic N) is 5. The Morgan fingerprint density at radius 1 is 1.10 bits per heavy atom. The predicted molar refractivity (Wildman–Crippen MR) is 143 cm³/mol. The van der Waals surface area contributed by atoms with Crippen LogP contribution in [0.5, 0.6) is 5.88 Å². The second kappa shape index (κ2) is 11.6. The van der Waals surface area contributed by atoms with Crippen LogP contribution in [0.15, 0.2) is 53.1 Å². The molecule has 42 heavy (non-hydrogen) atoms. The predicted octanol–water partition coefficient (Wildman–Crippen LogP) is 4.56. The van der Waals surface area contributed by atoms with Gasteiger partial charge in [-0.15, -0.1) is 0 Å². The highest BCUT2D eigenvalue weighted by molar-refractivity contribution is 5.92. The third kappa shape index (κ3) is 5.69. The zero-order valence-electron chi connectivity index (χ0n) is 22.4. The van der Waals surface area contributed by atoms with Crippen LogP contribution in [0, 0.1) is 11.6 Å². The molecule has 1 saturated heterocycles. The molecule has 3 aromatic heterocycles. The molecular weight excluding hydrogens is 552 g/mol. The van der Waals surface area contributed by atoms with Gasteiger partial charge < -0.3 is 28.4 Å². The monoisotopic (exact) mass is 577 g/mol. The third-order valence-corrected chi connectivity index (χ3v) is 6.87. The van der Waals surface area contributed by atoms with Crippen LogP contribution < -0.4 is 4.74 Å². The number of pyridine rings is 1. The van der Waals surface area contributed by atoms with Crippen molar-refractivity contribution in [2.24, 2.45) is 0 Å². The molecule has 4 heterocycles. The van der Waals surface area contributed by atoms with E-state index < -0.39 is 17.6 Å². The molecule has 1 atom stereocenters. The summed E-state index contributed by atoms with van der Waals surface area (Å²) in [4.78, 5) is 24.6. The largest absolute Gasteiger partial charge is 0.478 e. The van der Waals surface area contributed by atoms with Crippen LogP contribution >= 0.6 is 0 Å². The number of benzene rings is 2. The molecule has 6 rings (SSSR count). The number of ether oxygens (including phenoxy) is 3. The first-order valence-corrected chi connectivity index (χ1v) is 13.1. The van der Waals surface area contributed by atoms with Gasteiger partial charge in [0.25, 0.3) is 5.89 Å². The fourth-order valence-electron chi connectivity index (χ4n) is 4.68. The molecule has 0 bridgehead atoms. The molecule has 2 aromatic carbocycles. The lowest BCUT2D eigenvalue weighted by Gasteiger charge is -2.27. The van der Waals surface area contributed by atoms with Crippen molar-refractivity contribution in [2.45, 2.75) is 38.7 Å². The summed E-state index contributed by atoms with van der Waals surface area (Å²) in [6.45, 7) is 1.19. The normalized spacial score (nSPS) is 14.7. The Balaban J connectivity index is 1.25. The number of imidazole rings is 1. The van der Waals surface area contributed by atoms with Crippen molar-refractivity contribution >= 4 is 17.0 Å². The van der Waals surface area contributed by atoms with Gasteiger partial charge in [-0.1, -0.05) is 11.2 Å². The maximum Gasteiger partial charge on any atom is 0.335 e. The number of aromatic nitrogens is 5. The van der Waals surface area contributed by atoms with Crippen LogP contribution in [0.1, 0.15) is 39.9 Å². The maximum atomic E-state index is 15.4. The number of rotatable bonds is 11. The van der Waals surface area contributed by atoms with Crippen LogP contribution in [0.2, 0.25) is 0 Å². The number of halogens is 2. The first kappa shape index (κ1) is 27.4. The minimum Gasteiger partial charge on any atom is -0.478 e. The van der Waals surface area contributed by atoms with Gasteiger partial charge in [0.2, 0.25) is 5.88 Å². The summed E-state index contributed by atoms with van der Waals surface area (Å²) in [6, 6.07) is 11.6. The second-order valence-corrected chi connectivity index (χ2v) is 9.72. The molecule has 13 heteroatoms. The molecule has 1 aliphatic rings. The molecule has 0 aliphatic carbocycles. The number of hydrogen-bond acceptors (Lipinski definition) is 9. The van der Waals surface area contributed by atoms with Gasteiger partial charge in [-0.2, -0.15) is 4.98 Å². The number of carboxylic acids is 1. The SMILES string of the molecule is COCc1noc(COc2cccc(-c3cc(F)c(Cc4nc5ccc(C(=O)O)cc5n4CC4CCO4)cc3F)n2)n1. The fraction of sp³-hybridized carbons (Fsp3) is 0.276. The van der Waals surface area contributed by atoms with E-state index in [9.17, 15) is 9.90 Å². The Morgan fingerprint density at radius 2 is 1.95 bits per heavy atom. The van der Waals surface area contributed by atoms with Crippen LogP contribution in [0.25, 0.3) is 22.3 Å². The molecule has 0 amide bonds. The highest BCUT2D eigenvalue weighted by Crippen LogP contribution is 2.29. The van der Waals surface area contributed by atoms with Gasteiger partial charge in [-0.3, -0.25) is 0 Å². The Kier molecular flexibility index (Phi) is 7.59. The lowest BCUT2D eigenvalue weighted by molar-refractivity contribution is -0.0589. The Morgan fingerprint density at radius 3 is 2.71 bits per heavy atom. The second-order valence-electron chi connectivity index (χ2n) is 9.72. The molecule has 0 saturated carbocycles. The number of carboxylic acid groups (broad SMARTS) is 1. The molecule has 1 N–H and O–H groups in total. The first-order valence-electron chi connectivity index (χ1n) is 13.1. The van der Waals surface area contributed by atoms with Gasteiger partial charge >= 0.3 is 5.97 Å². The summed E-state index contributed by atoms with van der Waals surface area (Å²) in [5.74, 6) is -1.16. The van der Waals surface area contributed by atoms with E-state index in [1.165, 1.54) is 19.2 Å². The summed E-state index contributed by atoms with van der Waals surface area (Å²) in [5, 5.41) is 13.2. The van der Waals surface area contributed by atoms with Crippen molar-refractivity contribution in [1.29, 1.82) is 0 Å². The summed E-state index contributed by atoms with van der Waals surface area (Å²) in [5.41, 5.74) is 1.49. The quantitative estimate of drug-likeness (QED) is 0.238. The minimum atomic E-state index is -1.07. The molecule has 1 unspecified atom stereocenters. The molecule has 0 radical (unpaired) electrons. The molecule has 11 nitrogen and oxygen atoms in total. The van der Waals surface area contributed by atoms with Crippen LogP contribution in [0.3, 0.4) is 0 Å². The van der Waals surface area contributed by atoms with E-state index in [-0.39, 0.29) is 59.9 Å². The Hall–Kier alpha value is -4.75. The van der Waals surface area contributed by atoms with Crippen molar-refractivity contribution in [3.8, 4) is 17.1 Å². The van der Waals surface area contributed by atoms with Gasteiger partial charge in [-0.25, -0.2) is 23.5 Å². The van der Waals surface area contributed by atoms with Crippen molar-refractivity contribution < 1.29 is 37.4 Å². The number of carbonyl (C=O) groups is 1. The van der Waals surface area contributed by atoms with Gasteiger partial charge in [0, 0.05) is 31.8 Å². The van der Waals surface area contributed by atoms with Gasteiger partial charge in [0.15, 0.2) is 12.4 Å². The van der Waals surface area contributed by atoms with Crippen LogP contribution in [-0.4, -0.2) is 55.6 Å². The van der Waals surface area contributed by atoms with Gasteiger partial charge in [0.1, 0.15) is 24.1 Å². The van der Waals surface area contributed by atoms with E-state index in [4.69, 9.17) is 18.7 Å². The molecule has 5 aromatic rings. The van der Waals surface area contributed by atoms with E-state index in [1.807, 2.05) is 4.57 Å². The number of fused-ring (bicyclic) bond motifs is 1. The first-order chi connectivity index (χ1) is 20.4. The summed E-state index contributed by atoms with van der Waals surface area (Å²) in [7, 11) is 1.51. The number of aromatic carboxylic acids is 1. The van der Waals surface area contributed by atoms with Gasteiger partial charge in [0.05, 0.1) is 34.9 Å². The highest BCUT2D eigenvalue weighted by atomic mass is 19.1. The van der Waals surface area contributed by atoms with E-state index in [1.54, 1.807) is 24.3 Å². The molecule has 216 valence electrons. The van der Waals surface area contributed by atoms with Crippen molar-refractivity contribution in [3.05, 3.63) is 88.8 Å². The minimum absolute atomic E-state index is 0.0152. The lowest BCUT2D eigenvalue weighted by atomic mass is 10.0. The number of methoxy groups -OCH3 is 1. The molecule has 1 aliphatic heterocycles. The van der Waals surface area contributed by atoms with Crippen molar-refractivity contribution in [1.82, 2.24) is 24.7 Å². The third-order valence-electron chi connectivity index (χ3n) is 6.87. The molecular formula is C29H25F2N5O6. The highest BCUT2D eigenvalue weighted by Gasteiger charge is 2.24. The average molecular weight is 578 g/mol. The number of hydrogen-bond donors (Lipinski definition) is 1. The van der Waals surface area contributed by atoms with E-state index >= 15 is 8.78 Å². The lowest BCUT2D eigenvalue weighted by Crippen LogP contribution is -2.31. The zero-order valence-corrected chi connectivity index (χ0v) is 22.4. The van der Waals surface area contributed by atoms with Crippen molar-refractivity contribution in [3.63, 3.8) is 0 Å². The summed E-state index contributed by atoms with van der Waals surface area (Å²) in [6.07, 6.45) is 0.763. The van der Waals surface area contributed by atoms with Gasteiger partial charge in [-0.05, 0) is 48.4 Å². The van der Waals surface area contributed by atoms with E-state index in [2.05, 4.69) is 20.1 Å². The van der Waals surface area contributed by atoms with E-state index in [0.29, 0.717) is 35.8 Å². The van der Waals surface area contributed by atoms with Crippen molar-refractivity contribution in [2.75, 3.05) is 13.7 Å². The average Bonchev–Trinajstić information content (AvgIpc) is 3.55. The topological polar surface area (TPSA) is 135 Å². The Labute approximate surface area is 237 Å². The zero-order chi connectivity index (χ0) is 29.2. The Bertz CT molecular complexity index is 1770. The standard InChI is InChI=1S/C29H25F2N5O6/c1-39-14-25-34-28(42-35-25)15-41-27-4-2-3-22(33-27)19-12-20(30)17(9-21(19)31)11-26-32-23-6-5-16(29(37)38)10-24(23)36(26)13-18-7-8-40-18/h2-6,9-10,12,18H,7-8,11,13-15H2,1H3,(H,37,38). The van der Waals surface area contributed by atoms with Crippen LogP contribution in [0.4, 0.5) is 8.78 Å². The van der Waals surface area contributed by atoms with E-state index in [0.717, 1.165) is 18.6 Å². The van der Waals surface area contributed by atoms with Crippen LogP contribution in [-0.2, 0) is 35.7 Å². The maximum absolute atomic E-state index is 15.4. The smallest absolute Gasteiger partial charge is 0.335 e. The fourth-order valence-corrected chi connectivity index (χ4v) is 4.68. The summed E-state index contributed by atoms with van der Waals surface area (Å²) >= 11 is 0.